The molecule has 0 atom stereocenters. The van der Waals surface area contributed by atoms with E-state index in [1.54, 1.807) is 4.68 Å². The molecule has 2 rings (SSSR count). The van der Waals surface area contributed by atoms with Gasteiger partial charge in [0.15, 0.2) is 0 Å². The Morgan fingerprint density at radius 1 is 1.43 bits per heavy atom. The summed E-state index contributed by atoms with van der Waals surface area (Å²) < 4.78 is 1.74. The lowest BCUT2D eigenvalue weighted by atomic mass is 9.71. The van der Waals surface area contributed by atoms with Crippen LogP contribution in [0, 0.1) is 5.41 Å². The van der Waals surface area contributed by atoms with E-state index in [0.717, 1.165) is 30.6 Å². The monoisotopic (exact) mass is 314 g/mol. The van der Waals surface area contributed by atoms with Crippen LogP contribution in [0.2, 0.25) is 0 Å². The fraction of sp³-hybridized carbons (Fsp3) is 0.733. The summed E-state index contributed by atoms with van der Waals surface area (Å²) in [5.41, 5.74) is 7.73. The van der Waals surface area contributed by atoms with E-state index in [9.17, 15) is 4.79 Å². The fourth-order valence-corrected chi connectivity index (χ4v) is 3.19. The number of carbonyl (C=O) groups excluding carboxylic acids is 1. The minimum atomic E-state index is 0. The highest BCUT2D eigenvalue weighted by atomic mass is 35.5. The molecule has 1 amide bonds. The SMILES string of the molecule is CCc1nn(C)cc1NC(=O)CC1(CN)CCCCC1.Cl. The molecule has 1 aliphatic carbocycles. The second-order valence-electron chi connectivity index (χ2n) is 6.01. The normalized spacial score (nSPS) is 17.1. The van der Waals surface area contributed by atoms with Crippen molar-refractivity contribution in [3.63, 3.8) is 0 Å². The van der Waals surface area contributed by atoms with Gasteiger partial charge in [0.25, 0.3) is 0 Å². The molecule has 3 N–H and O–H groups in total. The van der Waals surface area contributed by atoms with Gasteiger partial charge in [0.2, 0.25) is 5.91 Å². The number of halogens is 1. The van der Waals surface area contributed by atoms with Crippen LogP contribution in [0.15, 0.2) is 6.20 Å². The predicted octanol–water partition coefficient (Wildman–Crippen LogP) is 2.64. The second-order valence-corrected chi connectivity index (χ2v) is 6.01. The van der Waals surface area contributed by atoms with Crippen molar-refractivity contribution in [1.29, 1.82) is 0 Å². The molecule has 0 saturated heterocycles. The van der Waals surface area contributed by atoms with Crippen molar-refractivity contribution in [2.75, 3.05) is 11.9 Å². The van der Waals surface area contributed by atoms with Gasteiger partial charge < -0.3 is 11.1 Å². The molecule has 1 fully saturated rings. The zero-order chi connectivity index (χ0) is 14.6. The molecule has 0 aromatic carbocycles. The van der Waals surface area contributed by atoms with E-state index >= 15 is 0 Å². The van der Waals surface area contributed by atoms with Crippen molar-refractivity contribution >= 4 is 24.0 Å². The molecule has 21 heavy (non-hydrogen) atoms. The Labute approximate surface area is 133 Å². The molecule has 1 aromatic heterocycles. The number of rotatable bonds is 5. The number of hydrogen-bond donors (Lipinski definition) is 2. The molecule has 5 nitrogen and oxygen atoms in total. The Kier molecular flexibility index (Phi) is 6.68. The number of aromatic nitrogens is 2. The molecule has 1 aromatic rings. The van der Waals surface area contributed by atoms with Crippen LogP contribution in [0.5, 0.6) is 0 Å². The van der Waals surface area contributed by atoms with Crippen LogP contribution < -0.4 is 11.1 Å². The van der Waals surface area contributed by atoms with Crippen LogP contribution in [0.1, 0.15) is 51.1 Å². The third-order valence-corrected chi connectivity index (χ3v) is 4.40. The molecule has 0 radical (unpaired) electrons. The molecule has 0 aliphatic heterocycles. The number of carbonyl (C=O) groups is 1. The summed E-state index contributed by atoms with van der Waals surface area (Å²) in [6.45, 7) is 2.65. The highest BCUT2D eigenvalue weighted by Crippen LogP contribution is 2.38. The van der Waals surface area contributed by atoms with E-state index in [1.807, 2.05) is 20.2 Å². The summed E-state index contributed by atoms with van der Waals surface area (Å²) in [6.07, 6.45) is 9.02. The highest BCUT2D eigenvalue weighted by Gasteiger charge is 2.33. The summed E-state index contributed by atoms with van der Waals surface area (Å²) in [4.78, 5) is 12.3. The second kappa shape index (κ2) is 7.80. The number of anilines is 1. The van der Waals surface area contributed by atoms with Gasteiger partial charge in [0.1, 0.15) is 0 Å². The maximum Gasteiger partial charge on any atom is 0.225 e. The first-order chi connectivity index (χ1) is 9.58. The summed E-state index contributed by atoms with van der Waals surface area (Å²) in [5.74, 6) is 0.0695. The molecule has 120 valence electrons. The smallest absolute Gasteiger partial charge is 0.225 e. The molecule has 0 spiro atoms. The zero-order valence-electron chi connectivity index (χ0n) is 13.0. The number of aryl methyl sites for hydroxylation is 2. The lowest BCUT2D eigenvalue weighted by Crippen LogP contribution is -2.36. The van der Waals surface area contributed by atoms with Crippen molar-refractivity contribution in [1.82, 2.24) is 9.78 Å². The Hall–Kier alpha value is -1.07. The predicted molar refractivity (Wildman–Crippen MR) is 87.7 cm³/mol. The van der Waals surface area contributed by atoms with Crippen molar-refractivity contribution < 1.29 is 4.79 Å². The largest absolute Gasteiger partial charge is 0.330 e. The lowest BCUT2D eigenvalue weighted by molar-refractivity contribution is -0.118. The average molecular weight is 315 g/mol. The van der Waals surface area contributed by atoms with Gasteiger partial charge in [0.05, 0.1) is 11.4 Å². The van der Waals surface area contributed by atoms with E-state index in [-0.39, 0.29) is 23.7 Å². The number of hydrogen-bond acceptors (Lipinski definition) is 3. The molecular formula is C15H27ClN4O. The maximum atomic E-state index is 12.3. The summed E-state index contributed by atoms with van der Waals surface area (Å²) >= 11 is 0. The third kappa shape index (κ3) is 4.45. The Balaban J connectivity index is 0.00000220. The van der Waals surface area contributed by atoms with Crippen LogP contribution in [-0.4, -0.2) is 22.2 Å². The first kappa shape index (κ1) is 18.0. The van der Waals surface area contributed by atoms with E-state index in [4.69, 9.17) is 5.73 Å². The molecule has 1 aliphatic rings. The van der Waals surface area contributed by atoms with Crippen molar-refractivity contribution in [2.24, 2.45) is 18.2 Å². The van der Waals surface area contributed by atoms with Crippen molar-refractivity contribution in [3.8, 4) is 0 Å². The minimum absolute atomic E-state index is 0. The summed E-state index contributed by atoms with van der Waals surface area (Å²) in [7, 11) is 1.87. The lowest BCUT2D eigenvalue weighted by Gasteiger charge is -2.35. The van der Waals surface area contributed by atoms with Crippen LogP contribution in [0.3, 0.4) is 0 Å². The number of nitrogens with zero attached hydrogens (tertiary/aromatic N) is 2. The third-order valence-electron chi connectivity index (χ3n) is 4.40. The van der Waals surface area contributed by atoms with Gasteiger partial charge in [-0.25, -0.2) is 0 Å². The van der Waals surface area contributed by atoms with Gasteiger partial charge in [-0.15, -0.1) is 12.4 Å². The summed E-state index contributed by atoms with van der Waals surface area (Å²) in [6, 6.07) is 0. The Morgan fingerprint density at radius 2 is 2.10 bits per heavy atom. The zero-order valence-corrected chi connectivity index (χ0v) is 13.8. The van der Waals surface area contributed by atoms with Gasteiger partial charge in [-0.1, -0.05) is 26.2 Å². The average Bonchev–Trinajstić information content (AvgIpc) is 2.79. The molecule has 1 saturated carbocycles. The van der Waals surface area contributed by atoms with Crippen molar-refractivity contribution in [2.45, 2.75) is 51.9 Å². The van der Waals surface area contributed by atoms with E-state index < -0.39 is 0 Å². The first-order valence-corrected chi connectivity index (χ1v) is 7.61. The van der Waals surface area contributed by atoms with Gasteiger partial charge in [-0.05, 0) is 31.2 Å². The van der Waals surface area contributed by atoms with Gasteiger partial charge in [-0.3, -0.25) is 9.48 Å². The van der Waals surface area contributed by atoms with E-state index in [2.05, 4.69) is 10.4 Å². The maximum absolute atomic E-state index is 12.3. The highest BCUT2D eigenvalue weighted by molar-refractivity contribution is 5.91. The number of nitrogens with two attached hydrogens (primary N) is 1. The molecular weight excluding hydrogens is 288 g/mol. The van der Waals surface area contributed by atoms with Crippen LogP contribution >= 0.6 is 12.4 Å². The molecule has 0 bridgehead atoms. The van der Waals surface area contributed by atoms with E-state index in [1.165, 1.54) is 19.3 Å². The van der Waals surface area contributed by atoms with Gasteiger partial charge >= 0.3 is 0 Å². The molecule has 1 heterocycles. The molecule has 6 heteroatoms. The number of amides is 1. The minimum Gasteiger partial charge on any atom is -0.330 e. The Bertz CT molecular complexity index is 466. The quantitative estimate of drug-likeness (QED) is 0.877. The summed E-state index contributed by atoms with van der Waals surface area (Å²) in [5, 5.41) is 7.35. The number of nitrogens with one attached hydrogen (secondary N) is 1. The van der Waals surface area contributed by atoms with Crippen molar-refractivity contribution in [3.05, 3.63) is 11.9 Å². The standard InChI is InChI=1S/C15H26N4O.ClH/c1-3-12-13(10-19(2)18-12)17-14(20)9-15(11-16)7-5-4-6-8-15;/h10H,3-9,11,16H2,1-2H3,(H,17,20);1H. The van der Waals surface area contributed by atoms with Crippen LogP contribution in [-0.2, 0) is 18.3 Å². The van der Waals surface area contributed by atoms with Gasteiger partial charge in [0, 0.05) is 19.7 Å². The van der Waals surface area contributed by atoms with E-state index in [0.29, 0.717) is 13.0 Å². The Morgan fingerprint density at radius 3 is 2.67 bits per heavy atom. The van der Waals surface area contributed by atoms with Crippen LogP contribution in [0.4, 0.5) is 5.69 Å². The topological polar surface area (TPSA) is 72.9 Å². The molecule has 0 unspecified atom stereocenters. The van der Waals surface area contributed by atoms with Crippen LogP contribution in [0.25, 0.3) is 0 Å². The van der Waals surface area contributed by atoms with Gasteiger partial charge in [-0.2, -0.15) is 5.10 Å². The fourth-order valence-electron chi connectivity index (χ4n) is 3.19. The first-order valence-electron chi connectivity index (χ1n) is 7.61.